The van der Waals surface area contributed by atoms with Gasteiger partial charge in [-0.1, -0.05) is 60.7 Å². The fourth-order valence-electron chi connectivity index (χ4n) is 4.28. The first kappa shape index (κ1) is 20.4. The van der Waals surface area contributed by atoms with Crippen LogP contribution in [0.3, 0.4) is 0 Å². The molecule has 0 radical (unpaired) electrons. The van der Waals surface area contributed by atoms with Gasteiger partial charge in [0, 0.05) is 12.8 Å². The Kier molecular flexibility index (Phi) is 5.82. The summed E-state index contributed by atoms with van der Waals surface area (Å²) in [7, 11) is 0. The van der Waals surface area contributed by atoms with Crippen LogP contribution in [-0.4, -0.2) is 34.0 Å². The zero-order valence-corrected chi connectivity index (χ0v) is 16.5. The van der Waals surface area contributed by atoms with Crippen molar-refractivity contribution in [2.24, 2.45) is 0 Å². The van der Waals surface area contributed by atoms with Crippen LogP contribution in [0.15, 0.2) is 60.7 Å². The predicted molar refractivity (Wildman–Crippen MR) is 108 cm³/mol. The molecule has 0 aliphatic heterocycles. The number of ketones is 2. The molecule has 4 rings (SSSR count). The Morgan fingerprint density at radius 3 is 1.25 bits per heavy atom. The zero-order valence-electron chi connectivity index (χ0n) is 16.5. The Hall–Kier alpha value is -2.30. The van der Waals surface area contributed by atoms with Crippen LogP contribution >= 0.6 is 0 Å². The molecule has 2 aliphatic carbocycles. The minimum Gasteiger partial charge on any atom is -0.392 e. The molecule has 0 bridgehead atoms. The topological polar surface area (TPSA) is 74.6 Å². The molecule has 0 unspecified atom stereocenters. The fraction of sp³-hybridized carbons (Fsp3) is 0.417. The van der Waals surface area contributed by atoms with Gasteiger partial charge in [0.15, 0.2) is 0 Å². The highest BCUT2D eigenvalue weighted by Gasteiger charge is 2.47. The smallest absolute Gasteiger partial charge is 0.145 e. The van der Waals surface area contributed by atoms with Crippen molar-refractivity contribution >= 4 is 11.6 Å². The number of benzene rings is 2. The van der Waals surface area contributed by atoms with Crippen molar-refractivity contribution in [1.29, 1.82) is 0 Å². The number of Topliss-reactive ketones (excluding diaryl/α,β-unsaturated/α-hetero) is 2. The van der Waals surface area contributed by atoms with Crippen LogP contribution in [0.2, 0.25) is 0 Å². The number of rotatable bonds is 2. The Morgan fingerprint density at radius 2 is 1.00 bits per heavy atom. The summed E-state index contributed by atoms with van der Waals surface area (Å²) < 4.78 is 0. The number of carbonyl (C=O) groups is 2. The van der Waals surface area contributed by atoms with Crippen LogP contribution in [0.5, 0.6) is 0 Å². The minimum atomic E-state index is -0.679. The van der Waals surface area contributed by atoms with E-state index in [2.05, 4.69) is 0 Å². The summed E-state index contributed by atoms with van der Waals surface area (Å²) in [6, 6.07) is 19.1. The van der Waals surface area contributed by atoms with Crippen molar-refractivity contribution in [3.05, 3.63) is 71.8 Å². The fourth-order valence-corrected chi connectivity index (χ4v) is 4.28. The highest BCUT2D eigenvalue weighted by molar-refractivity contribution is 5.93. The molecule has 4 atom stereocenters. The maximum atomic E-state index is 11.7. The standard InChI is InChI=1S/2C12H14O2/c2*1-12(9-5-3-2-4-6-9)10(13)7-8-11(12)14/h2*2-6,10,13H,7-8H2,1H3/t2*10-,12+/m10/s1. The Morgan fingerprint density at radius 1 is 0.679 bits per heavy atom. The normalized spacial score (nSPS) is 32.1. The second kappa shape index (κ2) is 7.98. The van der Waals surface area contributed by atoms with Crippen LogP contribution in [0, 0.1) is 0 Å². The SMILES string of the molecule is C[C@@]1(c2ccccc2)C(=O)CC[C@H]1O.C[C@]1(c2ccccc2)C(=O)CC[C@@H]1O. The summed E-state index contributed by atoms with van der Waals surface area (Å²) in [6.07, 6.45) is 1.10. The number of aliphatic hydroxyl groups excluding tert-OH is 2. The Labute approximate surface area is 166 Å². The van der Waals surface area contributed by atoms with Gasteiger partial charge in [0.2, 0.25) is 0 Å². The van der Waals surface area contributed by atoms with E-state index >= 15 is 0 Å². The average molecular weight is 380 g/mol. The van der Waals surface area contributed by atoms with Gasteiger partial charge in [-0.15, -0.1) is 0 Å². The highest BCUT2D eigenvalue weighted by atomic mass is 16.3. The summed E-state index contributed by atoms with van der Waals surface area (Å²) in [4.78, 5) is 23.5. The van der Waals surface area contributed by atoms with Crippen molar-refractivity contribution in [2.45, 2.75) is 62.6 Å². The maximum absolute atomic E-state index is 11.7. The van der Waals surface area contributed by atoms with E-state index in [1.54, 1.807) is 0 Å². The molecule has 4 heteroatoms. The molecule has 0 spiro atoms. The van der Waals surface area contributed by atoms with Gasteiger partial charge in [0.05, 0.1) is 23.0 Å². The van der Waals surface area contributed by atoms with Crippen molar-refractivity contribution in [3.8, 4) is 0 Å². The molecule has 148 valence electrons. The third-order valence-corrected chi connectivity index (χ3v) is 6.53. The van der Waals surface area contributed by atoms with Crippen molar-refractivity contribution in [1.82, 2.24) is 0 Å². The molecule has 2 aromatic carbocycles. The highest BCUT2D eigenvalue weighted by Crippen LogP contribution is 2.38. The molecule has 2 saturated carbocycles. The number of carbonyl (C=O) groups excluding carboxylic acids is 2. The van der Waals surface area contributed by atoms with E-state index in [-0.39, 0.29) is 11.6 Å². The van der Waals surface area contributed by atoms with Crippen LogP contribution in [0.25, 0.3) is 0 Å². The number of hydrogen-bond donors (Lipinski definition) is 2. The van der Waals surface area contributed by atoms with Crippen LogP contribution < -0.4 is 0 Å². The summed E-state index contributed by atoms with van der Waals surface area (Å²) in [5.41, 5.74) is 0.493. The zero-order chi connectivity index (χ0) is 20.4. The van der Waals surface area contributed by atoms with E-state index in [1.807, 2.05) is 74.5 Å². The molecule has 0 aromatic heterocycles. The van der Waals surface area contributed by atoms with E-state index in [1.165, 1.54) is 0 Å². The van der Waals surface area contributed by atoms with Gasteiger partial charge >= 0.3 is 0 Å². The summed E-state index contributed by atoms with van der Waals surface area (Å²) in [5.74, 6) is 0.299. The lowest BCUT2D eigenvalue weighted by atomic mass is 9.78. The molecular weight excluding hydrogens is 352 g/mol. The first-order chi connectivity index (χ1) is 13.3. The molecule has 0 heterocycles. The van der Waals surface area contributed by atoms with Gasteiger partial charge in [0.1, 0.15) is 11.6 Å². The summed E-state index contributed by atoms with van der Waals surface area (Å²) in [6.45, 7) is 3.67. The molecule has 2 N–H and O–H groups in total. The van der Waals surface area contributed by atoms with Crippen LogP contribution in [0.4, 0.5) is 0 Å². The first-order valence-electron chi connectivity index (χ1n) is 9.85. The lowest BCUT2D eigenvalue weighted by Crippen LogP contribution is -2.37. The Balaban J connectivity index is 0.000000161. The molecule has 2 aliphatic rings. The van der Waals surface area contributed by atoms with Crippen molar-refractivity contribution in [3.63, 3.8) is 0 Å². The van der Waals surface area contributed by atoms with Gasteiger partial charge in [-0.3, -0.25) is 9.59 Å². The van der Waals surface area contributed by atoms with Gasteiger partial charge in [-0.2, -0.15) is 0 Å². The van der Waals surface area contributed by atoms with E-state index in [9.17, 15) is 19.8 Å². The van der Waals surface area contributed by atoms with Crippen LogP contribution in [0.1, 0.15) is 50.7 Å². The average Bonchev–Trinajstić information content (AvgIpc) is 3.15. The van der Waals surface area contributed by atoms with Gasteiger partial charge in [0.25, 0.3) is 0 Å². The van der Waals surface area contributed by atoms with Crippen molar-refractivity contribution in [2.75, 3.05) is 0 Å². The third kappa shape index (κ3) is 3.43. The summed E-state index contributed by atoms with van der Waals surface area (Å²) in [5, 5.41) is 19.7. The number of hydrogen-bond acceptors (Lipinski definition) is 4. The predicted octanol–water partition coefficient (Wildman–Crippen LogP) is 3.34. The monoisotopic (exact) mass is 380 g/mol. The molecule has 4 nitrogen and oxygen atoms in total. The van der Waals surface area contributed by atoms with E-state index < -0.39 is 23.0 Å². The Bertz CT molecular complexity index is 761. The molecule has 28 heavy (non-hydrogen) atoms. The van der Waals surface area contributed by atoms with E-state index in [0.29, 0.717) is 25.7 Å². The third-order valence-electron chi connectivity index (χ3n) is 6.53. The maximum Gasteiger partial charge on any atom is 0.145 e. The molecule has 2 fully saturated rings. The summed E-state index contributed by atoms with van der Waals surface area (Å²) >= 11 is 0. The second-order valence-corrected chi connectivity index (χ2v) is 8.09. The van der Waals surface area contributed by atoms with E-state index in [0.717, 1.165) is 11.1 Å². The largest absolute Gasteiger partial charge is 0.392 e. The molecule has 2 aromatic rings. The van der Waals surface area contributed by atoms with Gasteiger partial charge in [-0.25, -0.2) is 0 Å². The second-order valence-electron chi connectivity index (χ2n) is 8.09. The lowest BCUT2D eigenvalue weighted by Gasteiger charge is -2.26. The quantitative estimate of drug-likeness (QED) is 0.838. The molecule has 0 saturated heterocycles. The van der Waals surface area contributed by atoms with Gasteiger partial charge in [-0.05, 0) is 37.8 Å². The van der Waals surface area contributed by atoms with Gasteiger partial charge < -0.3 is 10.2 Å². The first-order valence-corrected chi connectivity index (χ1v) is 9.85. The van der Waals surface area contributed by atoms with Crippen LogP contribution in [-0.2, 0) is 20.4 Å². The molecular formula is C24H28O4. The molecule has 0 amide bonds. The minimum absolute atomic E-state index is 0.149. The number of aliphatic hydroxyl groups is 2. The van der Waals surface area contributed by atoms with Crippen molar-refractivity contribution < 1.29 is 19.8 Å². The van der Waals surface area contributed by atoms with E-state index in [4.69, 9.17) is 0 Å². The lowest BCUT2D eigenvalue weighted by molar-refractivity contribution is -0.124.